The van der Waals surface area contributed by atoms with E-state index in [9.17, 15) is 17.6 Å². The maximum absolute atomic E-state index is 13.9. The number of rotatable bonds is 5. The molecule has 34 heavy (non-hydrogen) atoms. The van der Waals surface area contributed by atoms with Gasteiger partial charge in [-0.15, -0.1) is 0 Å². The summed E-state index contributed by atoms with van der Waals surface area (Å²) >= 11 is 0. The zero-order valence-electron chi connectivity index (χ0n) is 18.2. The van der Waals surface area contributed by atoms with Gasteiger partial charge in [-0.25, -0.2) is 14.2 Å². The van der Waals surface area contributed by atoms with Gasteiger partial charge in [0.2, 0.25) is 0 Å². The van der Waals surface area contributed by atoms with Crippen LogP contribution in [-0.4, -0.2) is 34.0 Å². The molecule has 1 atom stereocenters. The SMILES string of the molecule is CC(NCc1cc(F)cc2c1OCOC2)c1ccc2nc(C3CC3)[nH]c2c1.O=C(O)C(F)(F)F. The van der Waals surface area contributed by atoms with Crippen molar-refractivity contribution in [2.24, 2.45) is 0 Å². The maximum Gasteiger partial charge on any atom is 0.490 e. The number of aromatic nitrogens is 2. The number of ether oxygens (including phenoxy) is 2. The third-order valence-electron chi connectivity index (χ3n) is 5.58. The van der Waals surface area contributed by atoms with Crippen molar-refractivity contribution in [3.8, 4) is 5.75 Å². The number of carboxylic acid groups (broad SMARTS) is 1. The molecule has 3 aromatic rings. The van der Waals surface area contributed by atoms with Crippen molar-refractivity contribution in [3.05, 3.63) is 58.7 Å². The molecule has 2 heterocycles. The summed E-state index contributed by atoms with van der Waals surface area (Å²) in [6.07, 6.45) is -2.62. The van der Waals surface area contributed by atoms with E-state index < -0.39 is 12.1 Å². The smallest absolute Gasteiger partial charge is 0.475 e. The summed E-state index contributed by atoms with van der Waals surface area (Å²) in [7, 11) is 0. The van der Waals surface area contributed by atoms with Gasteiger partial charge in [0, 0.05) is 29.6 Å². The lowest BCUT2D eigenvalue weighted by atomic mass is 10.1. The summed E-state index contributed by atoms with van der Waals surface area (Å²) < 4.78 is 56.5. The van der Waals surface area contributed by atoms with Gasteiger partial charge in [0.25, 0.3) is 0 Å². The molecule has 1 aliphatic heterocycles. The Balaban J connectivity index is 0.000000344. The summed E-state index contributed by atoms with van der Waals surface area (Å²) in [5.41, 5.74) is 4.84. The summed E-state index contributed by atoms with van der Waals surface area (Å²) in [5.74, 6) is -0.570. The highest BCUT2D eigenvalue weighted by Crippen LogP contribution is 2.39. The number of halogens is 4. The monoisotopic (exact) mass is 481 g/mol. The number of carboxylic acids is 1. The van der Waals surface area contributed by atoms with Crippen molar-refractivity contribution in [1.82, 2.24) is 15.3 Å². The first kappa shape index (κ1) is 24.0. The van der Waals surface area contributed by atoms with Gasteiger partial charge in [-0.3, -0.25) is 0 Å². The zero-order valence-corrected chi connectivity index (χ0v) is 18.2. The summed E-state index contributed by atoms with van der Waals surface area (Å²) in [5, 5.41) is 10.6. The van der Waals surface area contributed by atoms with Gasteiger partial charge in [-0.05, 0) is 49.6 Å². The maximum atomic E-state index is 13.9. The van der Waals surface area contributed by atoms with Gasteiger partial charge in [0.05, 0.1) is 17.6 Å². The summed E-state index contributed by atoms with van der Waals surface area (Å²) in [6, 6.07) is 9.44. The lowest BCUT2D eigenvalue weighted by Gasteiger charge is -2.22. The average Bonchev–Trinajstić information content (AvgIpc) is 3.55. The van der Waals surface area contributed by atoms with Gasteiger partial charge in [0.15, 0.2) is 6.79 Å². The Hall–Kier alpha value is -3.18. The fourth-order valence-corrected chi connectivity index (χ4v) is 3.64. The Morgan fingerprint density at radius 1 is 1.29 bits per heavy atom. The second kappa shape index (κ2) is 9.59. The van der Waals surface area contributed by atoms with Crippen LogP contribution in [0.3, 0.4) is 0 Å². The highest BCUT2D eigenvalue weighted by Gasteiger charge is 2.38. The highest BCUT2D eigenvalue weighted by molar-refractivity contribution is 5.76. The van der Waals surface area contributed by atoms with Crippen LogP contribution in [0.15, 0.2) is 30.3 Å². The van der Waals surface area contributed by atoms with Crippen molar-refractivity contribution in [2.75, 3.05) is 6.79 Å². The molecule has 1 fully saturated rings. The van der Waals surface area contributed by atoms with Crippen LogP contribution in [-0.2, 0) is 22.7 Å². The number of alkyl halides is 3. The van der Waals surface area contributed by atoms with Crippen LogP contribution < -0.4 is 10.1 Å². The Bertz CT molecular complexity index is 1190. The molecule has 182 valence electrons. The minimum absolute atomic E-state index is 0.112. The summed E-state index contributed by atoms with van der Waals surface area (Å²) in [6.45, 7) is 3.22. The van der Waals surface area contributed by atoms with Gasteiger partial charge in [-0.2, -0.15) is 13.2 Å². The second-order valence-electron chi connectivity index (χ2n) is 8.24. The molecule has 0 saturated heterocycles. The number of hydrogen-bond acceptors (Lipinski definition) is 5. The van der Waals surface area contributed by atoms with Crippen molar-refractivity contribution in [1.29, 1.82) is 0 Å². The van der Waals surface area contributed by atoms with E-state index in [1.165, 1.54) is 30.5 Å². The van der Waals surface area contributed by atoms with E-state index >= 15 is 0 Å². The van der Waals surface area contributed by atoms with Gasteiger partial charge in [-0.1, -0.05) is 6.07 Å². The van der Waals surface area contributed by atoms with E-state index in [-0.39, 0.29) is 18.7 Å². The number of H-pyrrole nitrogens is 1. The third kappa shape index (κ3) is 5.65. The van der Waals surface area contributed by atoms with E-state index in [0.717, 1.165) is 33.7 Å². The third-order valence-corrected chi connectivity index (χ3v) is 5.58. The lowest BCUT2D eigenvalue weighted by Crippen LogP contribution is -2.21. The van der Waals surface area contributed by atoms with Crippen LogP contribution >= 0.6 is 0 Å². The first-order valence-corrected chi connectivity index (χ1v) is 10.7. The van der Waals surface area contributed by atoms with Gasteiger partial charge >= 0.3 is 12.1 Å². The fourth-order valence-electron chi connectivity index (χ4n) is 3.64. The molecule has 3 N–H and O–H groups in total. The van der Waals surface area contributed by atoms with E-state index in [0.29, 0.717) is 19.1 Å². The molecule has 1 aliphatic carbocycles. The number of nitrogens with one attached hydrogen (secondary N) is 2. The number of nitrogens with zero attached hydrogens (tertiary/aromatic N) is 1. The number of carbonyl (C=O) groups is 1. The molecule has 0 radical (unpaired) electrons. The Kier molecular flexibility index (Phi) is 6.76. The molecule has 5 rings (SSSR count). The predicted octanol–water partition coefficient (Wildman–Crippen LogP) is 4.93. The predicted molar refractivity (Wildman–Crippen MR) is 114 cm³/mol. The highest BCUT2D eigenvalue weighted by atomic mass is 19.4. The van der Waals surface area contributed by atoms with E-state index in [1.54, 1.807) is 0 Å². The molecule has 1 saturated carbocycles. The number of fused-ring (bicyclic) bond motifs is 2. The van der Waals surface area contributed by atoms with E-state index in [4.69, 9.17) is 19.4 Å². The molecule has 0 bridgehead atoms. The summed E-state index contributed by atoms with van der Waals surface area (Å²) in [4.78, 5) is 17.0. The molecule has 7 nitrogen and oxygen atoms in total. The minimum Gasteiger partial charge on any atom is -0.475 e. The van der Waals surface area contributed by atoms with Crippen molar-refractivity contribution in [2.45, 2.75) is 51.1 Å². The number of benzene rings is 2. The Morgan fingerprint density at radius 2 is 2.03 bits per heavy atom. The zero-order chi connectivity index (χ0) is 24.5. The van der Waals surface area contributed by atoms with Crippen LogP contribution in [0.1, 0.15) is 54.2 Å². The van der Waals surface area contributed by atoms with Gasteiger partial charge < -0.3 is 24.9 Å². The number of aromatic amines is 1. The molecule has 0 spiro atoms. The molecular weight excluding hydrogens is 458 g/mol. The molecule has 1 unspecified atom stereocenters. The Morgan fingerprint density at radius 3 is 2.71 bits per heavy atom. The molecule has 1 aromatic heterocycles. The van der Waals surface area contributed by atoms with Crippen LogP contribution in [0, 0.1) is 5.82 Å². The van der Waals surface area contributed by atoms with Crippen molar-refractivity contribution < 1.29 is 36.9 Å². The largest absolute Gasteiger partial charge is 0.490 e. The lowest BCUT2D eigenvalue weighted by molar-refractivity contribution is -0.192. The minimum atomic E-state index is -5.08. The second-order valence-corrected chi connectivity index (χ2v) is 8.24. The first-order chi connectivity index (χ1) is 16.1. The van der Waals surface area contributed by atoms with Crippen LogP contribution in [0.5, 0.6) is 5.75 Å². The Labute approximate surface area is 192 Å². The molecule has 2 aromatic carbocycles. The molecular formula is C23H23F4N3O4. The number of aliphatic carboxylic acids is 1. The van der Waals surface area contributed by atoms with Crippen LogP contribution in [0.4, 0.5) is 17.6 Å². The van der Waals surface area contributed by atoms with E-state index in [1.807, 2.05) is 0 Å². The number of hydrogen-bond donors (Lipinski definition) is 3. The van der Waals surface area contributed by atoms with Crippen molar-refractivity contribution >= 4 is 17.0 Å². The molecule has 0 amide bonds. The van der Waals surface area contributed by atoms with Crippen LogP contribution in [0.25, 0.3) is 11.0 Å². The van der Waals surface area contributed by atoms with Crippen molar-refractivity contribution in [3.63, 3.8) is 0 Å². The topological polar surface area (TPSA) is 96.5 Å². The number of imidazole rings is 1. The van der Waals surface area contributed by atoms with Gasteiger partial charge in [0.1, 0.15) is 17.4 Å². The van der Waals surface area contributed by atoms with E-state index in [2.05, 4.69) is 40.4 Å². The fraction of sp³-hybridized carbons (Fsp3) is 0.391. The molecule has 2 aliphatic rings. The van der Waals surface area contributed by atoms with Crippen LogP contribution in [0.2, 0.25) is 0 Å². The first-order valence-electron chi connectivity index (χ1n) is 10.7. The quantitative estimate of drug-likeness (QED) is 0.447. The average molecular weight is 481 g/mol. The normalized spacial score (nSPS) is 16.3. The standard InChI is InChI=1S/C21H22FN3O2.C2HF3O2/c1-12(14-4-5-18-19(8-14)25-21(24-18)13-2-3-13)23-9-15-6-17(22)7-16-10-26-11-27-20(15)16;3-2(4,5)1(6)7/h4-8,12-13,23H,2-3,9-11H2,1H3,(H,24,25);(H,6,7). The molecule has 11 heteroatoms.